The van der Waals surface area contributed by atoms with Gasteiger partial charge in [-0.25, -0.2) is 4.39 Å². The zero-order chi connectivity index (χ0) is 21.7. The molecule has 0 radical (unpaired) electrons. The lowest BCUT2D eigenvalue weighted by Gasteiger charge is -2.11. The second-order valence-corrected chi connectivity index (χ2v) is 6.42. The Labute approximate surface area is 172 Å². The molecule has 0 bridgehead atoms. The summed E-state index contributed by atoms with van der Waals surface area (Å²) in [6.07, 6.45) is 0. The minimum Gasteiger partial charge on any atom is -0.488 e. The lowest BCUT2D eigenvalue weighted by molar-refractivity contribution is -0.114. The number of methoxy groups -OCH3 is 1. The molecule has 0 atom stereocenters. The molecule has 0 fully saturated rings. The van der Waals surface area contributed by atoms with Crippen LogP contribution in [0, 0.1) is 11.2 Å². The van der Waals surface area contributed by atoms with Crippen LogP contribution in [0.25, 0.3) is 11.3 Å². The molecule has 3 aromatic rings. The normalized spacial score (nSPS) is 10.6. The van der Waals surface area contributed by atoms with Crippen LogP contribution in [-0.4, -0.2) is 37.1 Å². The Morgan fingerprint density at radius 1 is 1.23 bits per heavy atom. The summed E-state index contributed by atoms with van der Waals surface area (Å²) in [7, 11) is 1.52. The molecule has 0 saturated heterocycles. The first kappa shape index (κ1) is 21.0. The molecule has 0 aliphatic rings. The average molecular weight is 412 g/mol. The summed E-state index contributed by atoms with van der Waals surface area (Å²) in [6.45, 7) is 1.91. The molecule has 0 spiro atoms. The van der Waals surface area contributed by atoms with E-state index in [0.717, 1.165) is 11.6 Å². The highest BCUT2D eigenvalue weighted by Gasteiger charge is 2.18. The molecule has 0 saturated carbocycles. The SMILES string of the molecule is COCCOc1cc(N)c(C(=N)c2cc(-c3ccc(NC(C)=O)cc3)no2)cc1F. The van der Waals surface area contributed by atoms with E-state index in [1.807, 2.05) is 0 Å². The van der Waals surface area contributed by atoms with Crippen LogP contribution in [0.1, 0.15) is 18.2 Å². The highest BCUT2D eigenvalue weighted by Crippen LogP contribution is 2.28. The van der Waals surface area contributed by atoms with Crippen molar-refractivity contribution in [3.63, 3.8) is 0 Å². The molecule has 30 heavy (non-hydrogen) atoms. The van der Waals surface area contributed by atoms with Crippen LogP contribution < -0.4 is 15.8 Å². The lowest BCUT2D eigenvalue weighted by Crippen LogP contribution is -2.09. The van der Waals surface area contributed by atoms with Gasteiger partial charge in [0, 0.05) is 48.7 Å². The second-order valence-electron chi connectivity index (χ2n) is 6.42. The minimum absolute atomic E-state index is 0.0152. The summed E-state index contributed by atoms with van der Waals surface area (Å²) >= 11 is 0. The van der Waals surface area contributed by atoms with E-state index in [-0.39, 0.29) is 41.0 Å². The Kier molecular flexibility index (Phi) is 6.43. The predicted octanol–water partition coefficient (Wildman–Crippen LogP) is 3.46. The molecule has 8 nitrogen and oxygen atoms in total. The minimum atomic E-state index is -0.645. The Balaban J connectivity index is 1.79. The summed E-state index contributed by atoms with van der Waals surface area (Å²) in [5.41, 5.74) is 8.09. The summed E-state index contributed by atoms with van der Waals surface area (Å²) in [6, 6.07) is 11.0. The number of nitrogens with one attached hydrogen (secondary N) is 2. The first-order valence-corrected chi connectivity index (χ1v) is 9.04. The van der Waals surface area contributed by atoms with Gasteiger partial charge in [0.05, 0.1) is 6.61 Å². The maximum atomic E-state index is 14.3. The van der Waals surface area contributed by atoms with Crippen molar-refractivity contribution < 1.29 is 23.2 Å². The molecule has 0 aliphatic heterocycles. The number of nitrogens with two attached hydrogens (primary N) is 1. The van der Waals surface area contributed by atoms with E-state index in [0.29, 0.717) is 18.0 Å². The zero-order valence-electron chi connectivity index (χ0n) is 16.5. The van der Waals surface area contributed by atoms with Crippen molar-refractivity contribution in [2.75, 3.05) is 31.4 Å². The number of hydrogen-bond donors (Lipinski definition) is 3. The van der Waals surface area contributed by atoms with E-state index in [9.17, 15) is 9.18 Å². The van der Waals surface area contributed by atoms with Crippen LogP contribution in [0.3, 0.4) is 0 Å². The number of halogens is 1. The van der Waals surface area contributed by atoms with E-state index in [4.69, 9.17) is 25.1 Å². The van der Waals surface area contributed by atoms with Gasteiger partial charge in [-0.2, -0.15) is 0 Å². The van der Waals surface area contributed by atoms with Gasteiger partial charge >= 0.3 is 0 Å². The van der Waals surface area contributed by atoms with E-state index in [1.54, 1.807) is 30.3 Å². The van der Waals surface area contributed by atoms with Gasteiger partial charge in [0.15, 0.2) is 17.3 Å². The standard InChI is InChI=1S/C21H21FN4O4/c1-12(27)25-14-5-3-13(4-6-14)18-11-20(30-26-18)21(24)15-9-16(22)19(10-17(15)23)29-8-7-28-2/h3-6,9-11,24H,7-8,23H2,1-2H3,(H,25,27). The summed E-state index contributed by atoms with van der Waals surface area (Å²) < 4.78 is 29.7. The first-order valence-electron chi connectivity index (χ1n) is 9.04. The smallest absolute Gasteiger partial charge is 0.221 e. The Morgan fingerprint density at radius 2 is 1.97 bits per heavy atom. The molecule has 9 heteroatoms. The number of nitrogen functional groups attached to an aromatic ring is 1. The van der Waals surface area contributed by atoms with Gasteiger partial charge in [0.25, 0.3) is 0 Å². The van der Waals surface area contributed by atoms with Crippen molar-refractivity contribution in [1.82, 2.24) is 5.16 Å². The molecule has 2 aromatic carbocycles. The van der Waals surface area contributed by atoms with Crippen molar-refractivity contribution >= 4 is 23.0 Å². The van der Waals surface area contributed by atoms with Crippen LogP contribution >= 0.6 is 0 Å². The molecule has 3 rings (SSSR count). The highest BCUT2D eigenvalue weighted by molar-refractivity contribution is 6.12. The van der Waals surface area contributed by atoms with Crippen molar-refractivity contribution in [2.24, 2.45) is 0 Å². The number of aromatic nitrogens is 1. The molecule has 0 unspecified atom stereocenters. The maximum absolute atomic E-state index is 14.3. The molecular weight excluding hydrogens is 391 g/mol. The fourth-order valence-corrected chi connectivity index (χ4v) is 2.72. The third-order valence-corrected chi connectivity index (χ3v) is 4.18. The van der Waals surface area contributed by atoms with Crippen molar-refractivity contribution in [3.8, 4) is 17.0 Å². The maximum Gasteiger partial charge on any atom is 0.221 e. The van der Waals surface area contributed by atoms with E-state index >= 15 is 0 Å². The quantitative estimate of drug-likeness (QED) is 0.296. The fourth-order valence-electron chi connectivity index (χ4n) is 2.72. The number of hydrogen-bond acceptors (Lipinski definition) is 7. The van der Waals surface area contributed by atoms with Crippen LogP contribution in [0.15, 0.2) is 47.0 Å². The number of ether oxygens (including phenoxy) is 2. The number of rotatable bonds is 8. The van der Waals surface area contributed by atoms with E-state index in [1.165, 1.54) is 20.1 Å². The average Bonchev–Trinajstić information content (AvgIpc) is 3.20. The van der Waals surface area contributed by atoms with Crippen molar-refractivity contribution in [1.29, 1.82) is 5.41 Å². The van der Waals surface area contributed by atoms with Crippen molar-refractivity contribution in [3.05, 3.63) is 59.6 Å². The molecule has 1 aromatic heterocycles. The summed E-state index contributed by atoms with van der Waals surface area (Å²) in [5, 5.41) is 15.0. The number of amides is 1. The van der Waals surface area contributed by atoms with Gasteiger partial charge in [0.2, 0.25) is 5.91 Å². The second kappa shape index (κ2) is 9.19. The number of anilines is 2. The molecule has 156 valence electrons. The lowest BCUT2D eigenvalue weighted by atomic mass is 10.0. The Morgan fingerprint density at radius 3 is 2.63 bits per heavy atom. The van der Waals surface area contributed by atoms with Gasteiger partial charge in [-0.05, 0) is 18.2 Å². The Bertz CT molecular complexity index is 1060. The van der Waals surface area contributed by atoms with Gasteiger partial charge in [-0.1, -0.05) is 17.3 Å². The monoisotopic (exact) mass is 412 g/mol. The molecule has 0 aliphatic carbocycles. The first-order chi connectivity index (χ1) is 14.4. The van der Waals surface area contributed by atoms with E-state index in [2.05, 4.69) is 10.5 Å². The van der Waals surface area contributed by atoms with Gasteiger partial charge < -0.3 is 25.0 Å². The van der Waals surface area contributed by atoms with Crippen LogP contribution in [-0.2, 0) is 9.53 Å². The largest absolute Gasteiger partial charge is 0.488 e. The van der Waals surface area contributed by atoms with Gasteiger partial charge in [-0.15, -0.1) is 0 Å². The predicted molar refractivity (Wildman–Crippen MR) is 110 cm³/mol. The fraction of sp³-hybridized carbons (Fsp3) is 0.190. The number of carbonyl (C=O) groups excluding carboxylic acids is 1. The number of nitrogens with zero attached hydrogens (tertiary/aromatic N) is 1. The Hall–Kier alpha value is -3.72. The highest BCUT2D eigenvalue weighted by atomic mass is 19.1. The van der Waals surface area contributed by atoms with Crippen LogP contribution in [0.4, 0.5) is 15.8 Å². The topological polar surface area (TPSA) is 123 Å². The molecule has 1 heterocycles. The molecule has 4 N–H and O–H groups in total. The third-order valence-electron chi connectivity index (χ3n) is 4.18. The van der Waals surface area contributed by atoms with Crippen molar-refractivity contribution in [2.45, 2.75) is 6.92 Å². The number of benzene rings is 2. The zero-order valence-corrected chi connectivity index (χ0v) is 16.5. The van der Waals surface area contributed by atoms with Gasteiger partial charge in [-0.3, -0.25) is 10.2 Å². The molecule has 1 amide bonds. The van der Waals surface area contributed by atoms with Crippen LogP contribution in [0.2, 0.25) is 0 Å². The molecular formula is C21H21FN4O4. The summed E-state index contributed by atoms with van der Waals surface area (Å²) in [5.74, 6) is -0.693. The summed E-state index contributed by atoms with van der Waals surface area (Å²) in [4.78, 5) is 11.1. The van der Waals surface area contributed by atoms with E-state index < -0.39 is 5.82 Å². The van der Waals surface area contributed by atoms with Crippen LogP contribution in [0.5, 0.6) is 5.75 Å². The third kappa shape index (κ3) is 4.81. The van der Waals surface area contributed by atoms with Gasteiger partial charge in [0.1, 0.15) is 18.0 Å². The number of carbonyl (C=O) groups is 1.